The molecule has 33 heavy (non-hydrogen) atoms. The lowest BCUT2D eigenvalue weighted by molar-refractivity contribution is -0.137. The molecule has 5 atom stereocenters. The van der Waals surface area contributed by atoms with Crippen molar-refractivity contribution in [2.45, 2.75) is 25.0 Å². The number of aromatic nitrogens is 1. The molecule has 0 saturated carbocycles. The summed E-state index contributed by atoms with van der Waals surface area (Å²) in [5.41, 5.74) is 6.78. The molecule has 0 amide bonds. The van der Waals surface area contributed by atoms with Crippen molar-refractivity contribution in [3.05, 3.63) is 48.7 Å². The van der Waals surface area contributed by atoms with E-state index in [9.17, 15) is 9.90 Å². The third kappa shape index (κ3) is 5.61. The molecule has 5 N–H and O–H groups in total. The fourth-order valence-electron chi connectivity index (χ4n) is 4.73. The molecule has 9 heteroatoms. The molecular formula is C24H33N5O4. The SMILES string of the molecule is C=C[C@H]1CN2CC[C@H]1C[C@H]2[C@H](O)c1ccnc2ccc(OC)cc12.CN(CC(=O)O)C(=N)N. The lowest BCUT2D eigenvalue weighted by Gasteiger charge is -2.50. The molecule has 0 spiro atoms. The van der Waals surface area contributed by atoms with Gasteiger partial charge in [-0.1, -0.05) is 6.08 Å². The van der Waals surface area contributed by atoms with Gasteiger partial charge in [0.05, 0.1) is 18.7 Å². The van der Waals surface area contributed by atoms with Crippen LogP contribution in [-0.2, 0) is 4.79 Å². The van der Waals surface area contributed by atoms with Crippen LogP contribution in [0.1, 0.15) is 24.5 Å². The van der Waals surface area contributed by atoms with Gasteiger partial charge < -0.3 is 25.6 Å². The second-order valence-corrected chi connectivity index (χ2v) is 8.61. The number of hydrogen-bond acceptors (Lipinski definition) is 6. The highest BCUT2D eigenvalue weighted by Gasteiger charge is 2.42. The number of benzene rings is 1. The summed E-state index contributed by atoms with van der Waals surface area (Å²) in [4.78, 5) is 17.9. The standard InChI is InChI=1S/C20H24N2O2.C4H9N3O2/c1-3-13-12-22-9-7-14(13)10-19(22)20(23)16-6-8-21-18-5-4-15(24-2)11-17(16)18;1-7(4(5)6)2-3(8)9/h3-6,8,11,13-14,19-20,23H,1,7,9-10,12H2,2H3;2H2,1H3,(H3,5,6)(H,8,9)/t13-,14-,19-,20+;/m0./s1. The second-order valence-electron chi connectivity index (χ2n) is 8.61. The van der Waals surface area contributed by atoms with E-state index in [0.29, 0.717) is 11.8 Å². The molecular weight excluding hydrogens is 422 g/mol. The van der Waals surface area contributed by atoms with Crippen LogP contribution in [0.3, 0.4) is 0 Å². The number of hydrogen-bond donors (Lipinski definition) is 4. The van der Waals surface area contributed by atoms with Gasteiger partial charge in [-0.25, -0.2) is 0 Å². The number of nitrogens with one attached hydrogen (secondary N) is 1. The van der Waals surface area contributed by atoms with Gasteiger partial charge in [0.25, 0.3) is 0 Å². The highest BCUT2D eigenvalue weighted by Crippen LogP contribution is 2.42. The van der Waals surface area contributed by atoms with Gasteiger partial charge in [0.1, 0.15) is 12.3 Å². The number of fused-ring (bicyclic) bond motifs is 4. The van der Waals surface area contributed by atoms with Crippen LogP contribution in [0.2, 0.25) is 0 Å². The number of piperidine rings is 3. The number of carbonyl (C=O) groups is 1. The molecule has 1 aromatic carbocycles. The zero-order valence-corrected chi connectivity index (χ0v) is 19.1. The van der Waals surface area contributed by atoms with Crippen molar-refractivity contribution in [1.29, 1.82) is 5.41 Å². The molecule has 1 aromatic heterocycles. The Morgan fingerprint density at radius 1 is 1.48 bits per heavy atom. The van der Waals surface area contributed by atoms with Crippen molar-refractivity contribution in [2.24, 2.45) is 17.6 Å². The number of pyridine rings is 1. The lowest BCUT2D eigenvalue weighted by atomic mass is 9.73. The molecule has 4 heterocycles. The van der Waals surface area contributed by atoms with Crippen molar-refractivity contribution < 1.29 is 19.7 Å². The number of aliphatic hydroxyl groups is 1. The number of nitrogens with zero attached hydrogens (tertiary/aromatic N) is 3. The Balaban J connectivity index is 0.000000292. The normalized spacial score (nSPS) is 24.3. The van der Waals surface area contributed by atoms with Crippen molar-refractivity contribution in [3.8, 4) is 5.75 Å². The van der Waals surface area contributed by atoms with Crippen LogP contribution in [0.5, 0.6) is 5.75 Å². The largest absolute Gasteiger partial charge is 0.497 e. The number of methoxy groups -OCH3 is 1. The van der Waals surface area contributed by atoms with Crippen molar-refractivity contribution in [2.75, 3.05) is 33.8 Å². The number of guanidine groups is 1. The first-order chi connectivity index (χ1) is 15.7. The van der Waals surface area contributed by atoms with Gasteiger partial charge in [-0.15, -0.1) is 6.58 Å². The van der Waals surface area contributed by atoms with Crippen LogP contribution in [0.4, 0.5) is 0 Å². The van der Waals surface area contributed by atoms with Crippen molar-refractivity contribution in [3.63, 3.8) is 0 Å². The van der Waals surface area contributed by atoms with E-state index in [0.717, 1.165) is 46.6 Å². The van der Waals surface area contributed by atoms with Crippen LogP contribution in [-0.4, -0.2) is 76.8 Å². The summed E-state index contributed by atoms with van der Waals surface area (Å²) < 4.78 is 5.35. The zero-order chi connectivity index (χ0) is 24.1. The first kappa shape index (κ1) is 24.5. The Morgan fingerprint density at radius 2 is 2.24 bits per heavy atom. The Bertz CT molecular complexity index is 1010. The summed E-state index contributed by atoms with van der Waals surface area (Å²) in [5.74, 6) is 0.775. The summed E-state index contributed by atoms with van der Waals surface area (Å²) in [6, 6.07) is 7.96. The van der Waals surface area contributed by atoms with Crippen LogP contribution < -0.4 is 10.5 Å². The number of carboxylic acid groups (broad SMARTS) is 1. The van der Waals surface area contributed by atoms with Crippen molar-refractivity contribution in [1.82, 2.24) is 14.8 Å². The van der Waals surface area contributed by atoms with E-state index in [1.807, 2.05) is 24.3 Å². The van der Waals surface area contributed by atoms with E-state index in [4.69, 9.17) is 21.0 Å². The number of nitrogens with two attached hydrogens (primary N) is 1. The maximum absolute atomic E-state index is 11.2. The van der Waals surface area contributed by atoms with Crippen LogP contribution in [0.25, 0.3) is 10.9 Å². The third-order valence-electron chi connectivity index (χ3n) is 6.60. The quantitative estimate of drug-likeness (QED) is 0.295. The Hall–Kier alpha value is -3.17. The van der Waals surface area contributed by atoms with Gasteiger partial charge in [-0.2, -0.15) is 0 Å². The first-order valence-corrected chi connectivity index (χ1v) is 11.0. The minimum atomic E-state index is -0.993. The molecule has 3 aliphatic rings. The van der Waals surface area contributed by atoms with E-state index in [1.165, 1.54) is 13.5 Å². The molecule has 3 saturated heterocycles. The van der Waals surface area contributed by atoms with E-state index in [1.54, 1.807) is 13.3 Å². The fourth-order valence-corrected chi connectivity index (χ4v) is 4.73. The molecule has 2 bridgehead atoms. The van der Waals surface area contributed by atoms with Crippen LogP contribution >= 0.6 is 0 Å². The van der Waals surface area contributed by atoms with E-state index < -0.39 is 12.1 Å². The first-order valence-electron chi connectivity index (χ1n) is 11.0. The molecule has 178 valence electrons. The Labute approximate surface area is 194 Å². The second kappa shape index (κ2) is 10.6. The van der Waals surface area contributed by atoms with Gasteiger partial charge in [0.2, 0.25) is 0 Å². The van der Waals surface area contributed by atoms with Gasteiger partial charge in [0, 0.05) is 31.2 Å². The fraction of sp³-hybridized carbons (Fsp3) is 0.458. The molecule has 2 aromatic rings. The monoisotopic (exact) mass is 455 g/mol. The van der Waals surface area contributed by atoms with E-state index >= 15 is 0 Å². The van der Waals surface area contributed by atoms with Gasteiger partial charge >= 0.3 is 5.97 Å². The summed E-state index contributed by atoms with van der Waals surface area (Å²) in [7, 11) is 3.10. The minimum absolute atomic E-state index is 0.178. The number of carboxylic acids is 1. The molecule has 0 aliphatic carbocycles. The molecule has 9 nitrogen and oxygen atoms in total. The third-order valence-corrected chi connectivity index (χ3v) is 6.60. The number of likely N-dealkylation sites (N-methyl/N-ethyl adjacent to an activating group) is 1. The zero-order valence-electron chi connectivity index (χ0n) is 19.1. The van der Waals surface area contributed by atoms with Gasteiger partial charge in [-0.05, 0) is 61.1 Å². The summed E-state index contributed by atoms with van der Waals surface area (Å²) >= 11 is 0. The molecule has 0 radical (unpaired) electrons. The average molecular weight is 456 g/mol. The minimum Gasteiger partial charge on any atom is -0.497 e. The summed E-state index contributed by atoms with van der Waals surface area (Å²) in [6.45, 7) is 5.84. The average Bonchev–Trinajstić information content (AvgIpc) is 2.82. The number of aliphatic hydroxyl groups excluding tert-OH is 1. The van der Waals surface area contributed by atoms with E-state index in [2.05, 4.69) is 22.5 Å². The maximum atomic E-state index is 11.2. The summed E-state index contributed by atoms with van der Waals surface area (Å²) in [6.07, 6.45) is 5.62. The van der Waals surface area contributed by atoms with Gasteiger partial charge in [-0.3, -0.25) is 20.1 Å². The molecule has 5 rings (SSSR count). The van der Waals surface area contributed by atoms with Gasteiger partial charge in [0.15, 0.2) is 5.96 Å². The van der Waals surface area contributed by atoms with E-state index in [-0.39, 0.29) is 18.5 Å². The van der Waals surface area contributed by atoms with Crippen LogP contribution in [0.15, 0.2) is 43.1 Å². The van der Waals surface area contributed by atoms with Crippen LogP contribution in [0, 0.1) is 17.2 Å². The predicted octanol–water partition coefficient (Wildman–Crippen LogP) is 2.07. The molecule has 1 unspecified atom stereocenters. The number of ether oxygens (including phenoxy) is 1. The number of rotatable bonds is 6. The topological polar surface area (TPSA) is 136 Å². The molecule has 3 aliphatic heterocycles. The smallest absolute Gasteiger partial charge is 0.323 e. The number of aliphatic carboxylic acids is 1. The highest BCUT2D eigenvalue weighted by molar-refractivity contribution is 5.84. The lowest BCUT2D eigenvalue weighted by Crippen LogP contribution is -2.54. The Morgan fingerprint density at radius 3 is 2.79 bits per heavy atom. The predicted molar refractivity (Wildman–Crippen MR) is 127 cm³/mol. The Kier molecular flexibility index (Phi) is 7.88. The summed E-state index contributed by atoms with van der Waals surface area (Å²) in [5, 5.41) is 27.0. The van der Waals surface area contributed by atoms with Crippen molar-refractivity contribution >= 4 is 22.8 Å². The molecule has 3 fully saturated rings. The highest BCUT2D eigenvalue weighted by atomic mass is 16.5. The maximum Gasteiger partial charge on any atom is 0.323 e.